The van der Waals surface area contributed by atoms with E-state index >= 15 is 0 Å². The van der Waals surface area contributed by atoms with Gasteiger partial charge in [0, 0.05) is 37.7 Å². The van der Waals surface area contributed by atoms with E-state index in [1.807, 2.05) is 20.8 Å². The summed E-state index contributed by atoms with van der Waals surface area (Å²) in [4.78, 5) is 23.9. The number of para-hydroxylation sites is 1. The van der Waals surface area contributed by atoms with Crippen molar-refractivity contribution in [3.63, 3.8) is 0 Å². The van der Waals surface area contributed by atoms with Crippen LogP contribution >= 0.6 is 0 Å². The normalized spacial score (nSPS) is 16.9. The van der Waals surface area contributed by atoms with Crippen molar-refractivity contribution in [3.05, 3.63) is 34.4 Å². The summed E-state index contributed by atoms with van der Waals surface area (Å²) in [6, 6.07) is 5.29. The van der Waals surface area contributed by atoms with E-state index in [-0.39, 0.29) is 37.0 Å². The first-order chi connectivity index (χ1) is 11.0. The summed E-state index contributed by atoms with van der Waals surface area (Å²) in [5.74, 6) is -0.0368. The SMILES string of the molecule is CC(C)(C)C(=O)N1CCN(S(=O)(=O)c2ccccc2[N+](=O)[O-])CC1. The number of nitro benzene ring substituents is 1. The maximum Gasteiger partial charge on any atom is 0.289 e. The minimum absolute atomic E-state index is 0.0368. The second kappa shape index (κ2) is 6.48. The zero-order chi connectivity index (χ0) is 18.1. The molecule has 1 aromatic carbocycles. The predicted molar refractivity (Wildman–Crippen MR) is 87.9 cm³/mol. The van der Waals surface area contributed by atoms with Gasteiger partial charge in [0.05, 0.1) is 4.92 Å². The number of piperazine rings is 1. The molecule has 1 heterocycles. The predicted octanol–water partition coefficient (Wildman–Crippen LogP) is 1.47. The van der Waals surface area contributed by atoms with Gasteiger partial charge in [0.1, 0.15) is 0 Å². The van der Waals surface area contributed by atoms with Crippen LogP contribution in [0.3, 0.4) is 0 Å². The standard InChI is InChI=1S/C15H21N3O5S/c1-15(2,3)14(19)16-8-10-17(11-9-16)24(22,23)13-7-5-4-6-12(13)18(20)21/h4-7H,8-11H2,1-3H3. The van der Waals surface area contributed by atoms with Gasteiger partial charge in [-0.3, -0.25) is 14.9 Å². The molecule has 2 rings (SSSR count). The van der Waals surface area contributed by atoms with E-state index in [2.05, 4.69) is 0 Å². The van der Waals surface area contributed by atoms with Crippen LogP contribution in [-0.4, -0.2) is 54.6 Å². The smallest absolute Gasteiger partial charge is 0.289 e. The van der Waals surface area contributed by atoms with Crippen molar-refractivity contribution in [3.8, 4) is 0 Å². The highest BCUT2D eigenvalue weighted by molar-refractivity contribution is 7.89. The summed E-state index contributed by atoms with van der Waals surface area (Å²) >= 11 is 0. The Labute approximate surface area is 141 Å². The largest absolute Gasteiger partial charge is 0.340 e. The Morgan fingerprint density at radius 2 is 1.67 bits per heavy atom. The molecule has 1 saturated heterocycles. The fourth-order valence-corrected chi connectivity index (χ4v) is 4.15. The topological polar surface area (TPSA) is 101 Å². The third kappa shape index (κ3) is 3.57. The van der Waals surface area contributed by atoms with Crippen LogP contribution in [0.5, 0.6) is 0 Å². The monoisotopic (exact) mass is 355 g/mol. The number of amides is 1. The molecule has 0 aliphatic carbocycles. The van der Waals surface area contributed by atoms with Gasteiger partial charge in [0.15, 0.2) is 4.90 Å². The van der Waals surface area contributed by atoms with Gasteiger partial charge < -0.3 is 4.90 Å². The van der Waals surface area contributed by atoms with Crippen LogP contribution in [0.15, 0.2) is 29.2 Å². The van der Waals surface area contributed by atoms with Crippen LogP contribution in [0.25, 0.3) is 0 Å². The Bertz CT molecular complexity index is 747. The first kappa shape index (κ1) is 18.3. The second-order valence-corrected chi connectivity index (χ2v) is 8.58. The molecule has 8 nitrogen and oxygen atoms in total. The van der Waals surface area contributed by atoms with Gasteiger partial charge in [-0.25, -0.2) is 8.42 Å². The minimum atomic E-state index is -3.97. The number of sulfonamides is 1. The van der Waals surface area contributed by atoms with Gasteiger partial charge in [-0.2, -0.15) is 4.31 Å². The average molecular weight is 355 g/mol. The van der Waals surface area contributed by atoms with Crippen molar-refractivity contribution in [1.29, 1.82) is 0 Å². The molecule has 24 heavy (non-hydrogen) atoms. The molecule has 1 aromatic rings. The number of carbonyl (C=O) groups is 1. The molecule has 132 valence electrons. The molecule has 1 aliphatic rings. The lowest BCUT2D eigenvalue weighted by atomic mass is 9.94. The third-order valence-electron chi connectivity index (χ3n) is 3.85. The fraction of sp³-hybridized carbons (Fsp3) is 0.533. The quantitative estimate of drug-likeness (QED) is 0.604. The van der Waals surface area contributed by atoms with Crippen molar-refractivity contribution >= 4 is 21.6 Å². The van der Waals surface area contributed by atoms with Crippen molar-refractivity contribution in [1.82, 2.24) is 9.21 Å². The first-order valence-corrected chi connectivity index (χ1v) is 9.02. The third-order valence-corrected chi connectivity index (χ3v) is 5.79. The molecule has 0 unspecified atom stereocenters. The van der Waals surface area contributed by atoms with Gasteiger partial charge in [0.2, 0.25) is 15.9 Å². The van der Waals surface area contributed by atoms with Crippen molar-refractivity contribution < 1.29 is 18.1 Å². The summed E-state index contributed by atoms with van der Waals surface area (Å²) < 4.78 is 26.6. The van der Waals surface area contributed by atoms with Gasteiger partial charge in [-0.1, -0.05) is 32.9 Å². The molecule has 1 fully saturated rings. The van der Waals surface area contributed by atoms with E-state index in [9.17, 15) is 23.3 Å². The molecule has 0 bridgehead atoms. The molecule has 0 saturated carbocycles. The summed E-state index contributed by atoms with van der Waals surface area (Å²) in [6.45, 7) is 6.22. The summed E-state index contributed by atoms with van der Waals surface area (Å²) in [7, 11) is -3.97. The number of hydrogen-bond acceptors (Lipinski definition) is 5. The Balaban J connectivity index is 2.20. The molecular weight excluding hydrogens is 334 g/mol. The molecule has 0 atom stereocenters. The van der Waals surface area contributed by atoms with E-state index in [1.165, 1.54) is 28.6 Å². The van der Waals surface area contributed by atoms with Crippen LogP contribution in [-0.2, 0) is 14.8 Å². The van der Waals surface area contributed by atoms with Gasteiger partial charge in [-0.05, 0) is 6.07 Å². The average Bonchev–Trinajstić information content (AvgIpc) is 2.53. The van der Waals surface area contributed by atoms with Crippen LogP contribution in [0.2, 0.25) is 0 Å². The van der Waals surface area contributed by atoms with Crippen molar-refractivity contribution in [2.75, 3.05) is 26.2 Å². The van der Waals surface area contributed by atoms with Crippen LogP contribution in [0, 0.1) is 15.5 Å². The lowest BCUT2D eigenvalue weighted by molar-refractivity contribution is -0.387. The van der Waals surface area contributed by atoms with Gasteiger partial charge >= 0.3 is 0 Å². The fourth-order valence-electron chi connectivity index (χ4n) is 2.57. The highest BCUT2D eigenvalue weighted by Gasteiger charge is 2.36. The molecule has 1 aliphatic heterocycles. The Kier molecular flexibility index (Phi) is 4.95. The minimum Gasteiger partial charge on any atom is -0.340 e. The molecule has 0 radical (unpaired) electrons. The molecule has 1 amide bonds. The second-order valence-electron chi connectivity index (χ2n) is 6.67. The van der Waals surface area contributed by atoms with E-state index in [1.54, 1.807) is 4.90 Å². The van der Waals surface area contributed by atoms with E-state index in [0.29, 0.717) is 0 Å². The number of carbonyl (C=O) groups excluding carboxylic acids is 1. The zero-order valence-corrected chi connectivity index (χ0v) is 14.7. The zero-order valence-electron chi connectivity index (χ0n) is 13.9. The van der Waals surface area contributed by atoms with E-state index in [4.69, 9.17) is 0 Å². The Morgan fingerprint density at radius 3 is 2.17 bits per heavy atom. The number of nitro groups is 1. The van der Waals surface area contributed by atoms with Crippen molar-refractivity contribution in [2.24, 2.45) is 5.41 Å². The summed E-state index contributed by atoms with van der Waals surface area (Å²) in [5.41, 5.74) is -0.968. The van der Waals surface area contributed by atoms with E-state index < -0.39 is 26.0 Å². The number of nitrogens with zero attached hydrogens (tertiary/aromatic N) is 3. The maximum atomic E-state index is 12.7. The number of rotatable bonds is 3. The maximum absolute atomic E-state index is 12.7. The van der Waals surface area contributed by atoms with E-state index in [0.717, 1.165) is 0 Å². The lowest BCUT2D eigenvalue weighted by Gasteiger charge is -2.36. The molecular formula is C15H21N3O5S. The summed E-state index contributed by atoms with van der Waals surface area (Å²) in [6.07, 6.45) is 0. The molecule has 0 spiro atoms. The Hall–Kier alpha value is -2.00. The van der Waals surface area contributed by atoms with Crippen LogP contribution in [0.1, 0.15) is 20.8 Å². The molecule has 9 heteroatoms. The summed E-state index contributed by atoms with van der Waals surface area (Å²) in [5, 5.41) is 11.1. The molecule has 0 N–H and O–H groups in total. The highest BCUT2D eigenvalue weighted by Crippen LogP contribution is 2.27. The lowest BCUT2D eigenvalue weighted by Crippen LogP contribution is -2.52. The number of benzene rings is 1. The highest BCUT2D eigenvalue weighted by atomic mass is 32.2. The first-order valence-electron chi connectivity index (χ1n) is 7.58. The van der Waals surface area contributed by atoms with Gasteiger partial charge in [-0.15, -0.1) is 0 Å². The van der Waals surface area contributed by atoms with Crippen LogP contribution in [0.4, 0.5) is 5.69 Å². The van der Waals surface area contributed by atoms with Crippen molar-refractivity contribution in [2.45, 2.75) is 25.7 Å². The number of hydrogen-bond donors (Lipinski definition) is 0. The van der Waals surface area contributed by atoms with Crippen LogP contribution < -0.4 is 0 Å². The Morgan fingerprint density at radius 1 is 1.12 bits per heavy atom. The van der Waals surface area contributed by atoms with Gasteiger partial charge in [0.25, 0.3) is 5.69 Å². The molecule has 0 aromatic heterocycles.